The fourth-order valence-corrected chi connectivity index (χ4v) is 9.57. The third-order valence-corrected chi connectivity index (χ3v) is 13.5. The largest absolute Gasteiger partial charge is 0.362 e. The van der Waals surface area contributed by atoms with E-state index in [9.17, 15) is 9.59 Å². The summed E-state index contributed by atoms with van der Waals surface area (Å²) in [7, 11) is 0. The molecule has 2 saturated heterocycles. The van der Waals surface area contributed by atoms with Crippen molar-refractivity contribution in [2.45, 2.75) is 155 Å². The quantitative estimate of drug-likeness (QED) is 0.0959. The number of hydrogen-bond acceptors (Lipinski definition) is 5. The molecule has 5 nitrogen and oxygen atoms in total. The maximum Gasteiger partial charge on any atom is 0.248 e. The Kier molecular flexibility index (Phi) is 19.5. The Balaban J connectivity index is 1.63. The van der Waals surface area contributed by atoms with Crippen molar-refractivity contribution in [1.29, 1.82) is 0 Å². The number of nitrogens with zero attached hydrogens (tertiary/aromatic N) is 2. The zero-order valence-corrected chi connectivity index (χ0v) is 32.4. The van der Waals surface area contributed by atoms with Gasteiger partial charge < -0.3 is 14.5 Å². The predicted molar refractivity (Wildman–Crippen MR) is 198 cm³/mol. The van der Waals surface area contributed by atoms with Crippen LogP contribution in [0.3, 0.4) is 0 Å². The molecule has 0 bridgehead atoms. The van der Waals surface area contributed by atoms with Gasteiger partial charge in [-0.15, -0.1) is 0 Å². The first-order valence-corrected chi connectivity index (χ1v) is 20.8. The average molecular weight is 669 g/mol. The van der Waals surface area contributed by atoms with E-state index in [1.165, 1.54) is 89.9 Å². The number of carbonyl (C=O) groups is 2. The topological polar surface area (TPSA) is 49.9 Å². The first kappa shape index (κ1) is 40.8. The lowest BCUT2D eigenvalue weighted by molar-refractivity contribution is -0.141. The minimum atomic E-state index is 0.0111. The van der Waals surface area contributed by atoms with E-state index < -0.39 is 0 Å². The van der Waals surface area contributed by atoms with Crippen LogP contribution in [0.5, 0.6) is 0 Å². The summed E-state index contributed by atoms with van der Waals surface area (Å²) in [4.78, 5) is 29.9. The van der Waals surface area contributed by atoms with Crippen molar-refractivity contribution in [2.75, 3.05) is 50.9 Å². The molecule has 2 fully saturated rings. The Morgan fingerprint density at radius 3 is 1.33 bits per heavy atom. The molecule has 0 saturated carbocycles. The standard InChI is InChI=1S/C38H72N2O3S2/c1-9-11-13-15-17-19-21-37(5,6)44-29-33-25-39(23-31(33)3)35(41)27-43-28-36(42)40-24-32(4)34(26-40)30-45-38(7,8)22-20-18-16-14-12-10-2/h31-34H,9-30H2,1-8H3. The predicted octanol–water partition coefficient (Wildman–Crippen LogP) is 9.72. The van der Waals surface area contributed by atoms with Gasteiger partial charge in [0.25, 0.3) is 0 Å². The summed E-state index contributed by atoms with van der Waals surface area (Å²) in [5.41, 5.74) is 0. The van der Waals surface area contributed by atoms with Crippen LogP contribution in [0, 0.1) is 23.7 Å². The number of rotatable bonds is 24. The monoisotopic (exact) mass is 668 g/mol. The van der Waals surface area contributed by atoms with E-state index in [1.807, 2.05) is 9.80 Å². The van der Waals surface area contributed by atoms with E-state index in [0.29, 0.717) is 33.2 Å². The normalized spacial score (nSPS) is 22.5. The lowest BCUT2D eigenvalue weighted by Gasteiger charge is -2.26. The third kappa shape index (κ3) is 16.5. The molecule has 4 unspecified atom stereocenters. The van der Waals surface area contributed by atoms with Crippen molar-refractivity contribution in [3.05, 3.63) is 0 Å². The number of ether oxygens (including phenoxy) is 1. The number of likely N-dealkylation sites (tertiary alicyclic amines) is 2. The van der Waals surface area contributed by atoms with Crippen LogP contribution in [0.25, 0.3) is 0 Å². The van der Waals surface area contributed by atoms with E-state index in [0.717, 1.165) is 37.7 Å². The van der Waals surface area contributed by atoms with E-state index in [-0.39, 0.29) is 25.0 Å². The molecule has 0 aromatic rings. The van der Waals surface area contributed by atoms with Gasteiger partial charge in [0.15, 0.2) is 0 Å². The van der Waals surface area contributed by atoms with Gasteiger partial charge in [0.05, 0.1) is 0 Å². The molecule has 0 radical (unpaired) electrons. The van der Waals surface area contributed by atoms with Crippen LogP contribution in [0.4, 0.5) is 0 Å². The fourth-order valence-electron chi connectivity index (χ4n) is 6.79. The Morgan fingerprint density at radius 2 is 0.956 bits per heavy atom. The summed E-state index contributed by atoms with van der Waals surface area (Å²) >= 11 is 4.18. The van der Waals surface area contributed by atoms with Crippen molar-refractivity contribution >= 4 is 35.3 Å². The van der Waals surface area contributed by atoms with Crippen molar-refractivity contribution in [1.82, 2.24) is 9.80 Å². The smallest absolute Gasteiger partial charge is 0.248 e. The van der Waals surface area contributed by atoms with Gasteiger partial charge in [-0.05, 0) is 48.0 Å². The number of carbonyl (C=O) groups excluding carboxylic acids is 2. The molecule has 0 aromatic carbocycles. The van der Waals surface area contributed by atoms with Crippen molar-refractivity contribution in [3.63, 3.8) is 0 Å². The third-order valence-electron chi connectivity index (χ3n) is 10.3. The number of amides is 2. The molecule has 2 aliphatic rings. The Bertz CT molecular complexity index is 770. The summed E-state index contributed by atoms with van der Waals surface area (Å²) in [5, 5.41) is 0. The molecule has 2 aliphatic heterocycles. The van der Waals surface area contributed by atoms with Gasteiger partial charge >= 0.3 is 0 Å². The second-order valence-electron chi connectivity index (χ2n) is 15.7. The van der Waals surface area contributed by atoms with E-state index in [2.05, 4.69) is 78.9 Å². The molecule has 0 N–H and O–H groups in total. The minimum Gasteiger partial charge on any atom is -0.362 e. The first-order valence-electron chi connectivity index (χ1n) is 18.8. The minimum absolute atomic E-state index is 0.0111. The molecule has 0 aliphatic carbocycles. The summed E-state index contributed by atoms with van der Waals surface area (Å²) in [6.45, 7) is 21.9. The molecular formula is C38H72N2O3S2. The highest BCUT2D eigenvalue weighted by atomic mass is 32.2. The van der Waals surface area contributed by atoms with Crippen LogP contribution in [0.2, 0.25) is 0 Å². The molecule has 0 aromatic heterocycles. The van der Waals surface area contributed by atoms with Gasteiger partial charge in [-0.3, -0.25) is 9.59 Å². The summed E-state index contributed by atoms with van der Waals surface area (Å²) in [6, 6.07) is 0. The number of hydrogen-bond donors (Lipinski definition) is 0. The molecule has 45 heavy (non-hydrogen) atoms. The van der Waals surface area contributed by atoms with Crippen LogP contribution in [-0.4, -0.2) is 82.0 Å². The maximum absolute atomic E-state index is 13.0. The number of thioether (sulfide) groups is 2. The first-order chi connectivity index (χ1) is 21.4. The SMILES string of the molecule is CCCCCCCCC(C)(C)SCC1CN(C(=O)COCC(=O)N2CC(C)C(CSC(C)(C)CCCCCCCC)C2)CC1C. The van der Waals surface area contributed by atoms with E-state index in [4.69, 9.17) is 4.74 Å². The van der Waals surface area contributed by atoms with Gasteiger partial charge in [0, 0.05) is 35.7 Å². The van der Waals surface area contributed by atoms with Gasteiger partial charge in [0.1, 0.15) is 13.2 Å². The van der Waals surface area contributed by atoms with Gasteiger partial charge in [-0.2, -0.15) is 23.5 Å². The van der Waals surface area contributed by atoms with Gasteiger partial charge in [-0.25, -0.2) is 0 Å². The Labute approximate surface area is 287 Å². The van der Waals surface area contributed by atoms with Crippen molar-refractivity contribution in [2.24, 2.45) is 23.7 Å². The fraction of sp³-hybridized carbons (Fsp3) is 0.947. The van der Waals surface area contributed by atoms with Crippen LogP contribution in [-0.2, 0) is 14.3 Å². The van der Waals surface area contributed by atoms with Gasteiger partial charge in [0.2, 0.25) is 11.8 Å². The zero-order valence-electron chi connectivity index (χ0n) is 30.8. The van der Waals surface area contributed by atoms with Crippen LogP contribution < -0.4 is 0 Å². The zero-order chi connectivity index (χ0) is 33.3. The maximum atomic E-state index is 13.0. The Hall–Kier alpha value is -0.400. The highest BCUT2D eigenvalue weighted by Crippen LogP contribution is 2.37. The summed E-state index contributed by atoms with van der Waals surface area (Å²) in [5.74, 6) is 4.35. The molecule has 0 spiro atoms. The highest BCUT2D eigenvalue weighted by Gasteiger charge is 2.35. The Morgan fingerprint density at radius 1 is 0.600 bits per heavy atom. The van der Waals surface area contributed by atoms with Crippen LogP contribution >= 0.6 is 23.5 Å². The summed E-state index contributed by atoms with van der Waals surface area (Å²) in [6.07, 6.45) is 18.7. The van der Waals surface area contributed by atoms with Crippen LogP contribution in [0.1, 0.15) is 145 Å². The van der Waals surface area contributed by atoms with E-state index in [1.54, 1.807) is 0 Å². The van der Waals surface area contributed by atoms with Crippen LogP contribution in [0.15, 0.2) is 0 Å². The van der Waals surface area contributed by atoms with Crippen molar-refractivity contribution < 1.29 is 14.3 Å². The highest BCUT2D eigenvalue weighted by molar-refractivity contribution is 8.00. The van der Waals surface area contributed by atoms with Crippen molar-refractivity contribution in [3.8, 4) is 0 Å². The molecular weight excluding hydrogens is 597 g/mol. The molecule has 2 amide bonds. The second-order valence-corrected chi connectivity index (χ2v) is 19.2. The summed E-state index contributed by atoms with van der Waals surface area (Å²) < 4.78 is 6.30. The second kappa shape index (κ2) is 21.5. The van der Waals surface area contributed by atoms with Gasteiger partial charge in [-0.1, -0.05) is 132 Å². The number of unbranched alkanes of at least 4 members (excludes halogenated alkanes) is 10. The molecule has 7 heteroatoms. The molecule has 264 valence electrons. The molecule has 4 atom stereocenters. The van der Waals surface area contributed by atoms with E-state index >= 15 is 0 Å². The molecule has 2 heterocycles. The molecule has 2 rings (SSSR count). The average Bonchev–Trinajstić information content (AvgIpc) is 3.56. The lowest BCUT2D eigenvalue weighted by Crippen LogP contribution is -2.36. The lowest BCUT2D eigenvalue weighted by atomic mass is 10.0.